The number of para-hydroxylation sites is 1. The van der Waals surface area contributed by atoms with E-state index in [1.54, 1.807) is 54.7 Å². The van der Waals surface area contributed by atoms with Crippen LogP contribution in [-0.2, 0) is 16.8 Å². The maximum Gasteiger partial charge on any atom is 0.281 e. The molecule has 4 aromatic rings. The Morgan fingerprint density at radius 1 is 0.943 bits per heavy atom. The number of nitrogens with zero attached hydrogens (tertiary/aromatic N) is 2. The summed E-state index contributed by atoms with van der Waals surface area (Å²) in [7, 11) is 0. The highest BCUT2D eigenvalue weighted by molar-refractivity contribution is 5.91. The van der Waals surface area contributed by atoms with Gasteiger partial charge >= 0.3 is 0 Å². The maximum atomic E-state index is 13.3. The summed E-state index contributed by atoms with van der Waals surface area (Å²) in [5.41, 5.74) is 8.35. The average Bonchev–Trinajstić information content (AvgIpc) is 3.16. The highest BCUT2D eigenvalue weighted by Crippen LogP contribution is 2.30. The van der Waals surface area contributed by atoms with Gasteiger partial charge < -0.3 is 9.67 Å². The van der Waals surface area contributed by atoms with Crippen molar-refractivity contribution in [3.05, 3.63) is 124 Å². The van der Waals surface area contributed by atoms with E-state index in [2.05, 4.69) is 60.1 Å². The van der Waals surface area contributed by atoms with E-state index in [0.717, 1.165) is 23.4 Å². The van der Waals surface area contributed by atoms with Crippen molar-refractivity contribution < 1.29 is 9.90 Å². The zero-order valence-electron chi connectivity index (χ0n) is 20.6. The predicted octanol–water partition coefficient (Wildman–Crippen LogP) is 5.35. The van der Waals surface area contributed by atoms with Crippen LogP contribution < -0.4 is 5.43 Å². The number of carbonyl (C=O) groups is 1. The molecule has 5 nitrogen and oxygen atoms in total. The largest absolute Gasteiger partial charge is 0.372 e. The first-order valence-electron chi connectivity index (χ1n) is 11.8. The number of rotatable bonds is 7. The number of amides is 1. The fraction of sp³-hybridized carbons (Fsp3) is 0.200. The van der Waals surface area contributed by atoms with Crippen LogP contribution in [0.3, 0.4) is 0 Å². The molecule has 2 N–H and O–H groups in total. The summed E-state index contributed by atoms with van der Waals surface area (Å²) in [5.74, 6) is -0.618. The van der Waals surface area contributed by atoms with Crippen LogP contribution in [0.2, 0.25) is 0 Å². The first-order valence-corrected chi connectivity index (χ1v) is 11.8. The van der Waals surface area contributed by atoms with Gasteiger partial charge in [0.05, 0.1) is 11.9 Å². The predicted molar refractivity (Wildman–Crippen MR) is 141 cm³/mol. The van der Waals surface area contributed by atoms with E-state index in [9.17, 15) is 9.90 Å². The summed E-state index contributed by atoms with van der Waals surface area (Å²) >= 11 is 0. The van der Waals surface area contributed by atoms with Crippen LogP contribution in [0.5, 0.6) is 0 Å². The third-order valence-corrected chi connectivity index (χ3v) is 6.48. The van der Waals surface area contributed by atoms with Gasteiger partial charge in [-0.3, -0.25) is 4.79 Å². The molecule has 0 radical (unpaired) electrons. The van der Waals surface area contributed by atoms with E-state index in [0.29, 0.717) is 11.1 Å². The third kappa shape index (κ3) is 4.55. The fourth-order valence-electron chi connectivity index (χ4n) is 4.62. The number of hydrogen-bond donors (Lipinski definition) is 2. The molecule has 0 aliphatic heterocycles. The van der Waals surface area contributed by atoms with Gasteiger partial charge in [0.1, 0.15) is 0 Å². The molecule has 0 atom stereocenters. The van der Waals surface area contributed by atoms with Gasteiger partial charge in [0.15, 0.2) is 5.60 Å². The third-order valence-electron chi connectivity index (χ3n) is 6.48. The molecule has 0 unspecified atom stereocenters. The first-order chi connectivity index (χ1) is 16.9. The minimum Gasteiger partial charge on any atom is -0.372 e. The van der Waals surface area contributed by atoms with E-state index in [-0.39, 0.29) is 0 Å². The quantitative estimate of drug-likeness (QED) is 0.285. The lowest BCUT2D eigenvalue weighted by Crippen LogP contribution is -2.43. The van der Waals surface area contributed by atoms with Gasteiger partial charge in [-0.15, -0.1) is 0 Å². The number of benzene rings is 3. The van der Waals surface area contributed by atoms with Crippen molar-refractivity contribution in [2.24, 2.45) is 5.10 Å². The normalized spacial score (nSPS) is 11.7. The van der Waals surface area contributed by atoms with Crippen molar-refractivity contribution in [2.75, 3.05) is 0 Å². The second kappa shape index (κ2) is 10.1. The Morgan fingerprint density at radius 3 is 2.11 bits per heavy atom. The molecule has 0 bridgehead atoms. The van der Waals surface area contributed by atoms with Crippen LogP contribution in [0.4, 0.5) is 0 Å². The summed E-state index contributed by atoms with van der Waals surface area (Å²) < 4.78 is 2.24. The monoisotopic (exact) mass is 465 g/mol. The SMILES string of the molecule is CCc1cccc(C)c1-n1c(C)cc(/C=N\NC(=O)C(O)(c2ccccc2)c2ccccc2)c1C. The number of carbonyl (C=O) groups excluding carboxylic acids is 1. The van der Waals surface area contributed by atoms with Crippen molar-refractivity contribution in [2.45, 2.75) is 39.7 Å². The summed E-state index contributed by atoms with van der Waals surface area (Å²) in [6.45, 7) is 8.39. The number of hydrogen-bond acceptors (Lipinski definition) is 3. The van der Waals surface area contributed by atoms with Crippen molar-refractivity contribution >= 4 is 12.1 Å². The molecule has 3 aromatic carbocycles. The van der Waals surface area contributed by atoms with Crippen molar-refractivity contribution in [1.82, 2.24) is 9.99 Å². The van der Waals surface area contributed by atoms with Gasteiger partial charge in [0, 0.05) is 17.0 Å². The molecule has 0 fully saturated rings. The van der Waals surface area contributed by atoms with Gasteiger partial charge in [-0.1, -0.05) is 85.8 Å². The van der Waals surface area contributed by atoms with Crippen molar-refractivity contribution in [3.63, 3.8) is 0 Å². The number of nitrogens with one attached hydrogen (secondary N) is 1. The Balaban J connectivity index is 1.65. The lowest BCUT2D eigenvalue weighted by atomic mass is 9.85. The molecule has 1 amide bonds. The van der Waals surface area contributed by atoms with E-state index < -0.39 is 11.5 Å². The summed E-state index contributed by atoms with van der Waals surface area (Å²) in [6, 6.07) is 26.2. The second-order valence-corrected chi connectivity index (χ2v) is 8.74. The van der Waals surface area contributed by atoms with Crippen LogP contribution in [-0.4, -0.2) is 21.8 Å². The highest BCUT2D eigenvalue weighted by atomic mass is 16.3. The second-order valence-electron chi connectivity index (χ2n) is 8.74. The van der Waals surface area contributed by atoms with Gasteiger partial charge in [-0.2, -0.15) is 5.10 Å². The first kappa shape index (κ1) is 24.2. The average molecular weight is 466 g/mol. The molecule has 5 heteroatoms. The molecular formula is C30H31N3O2. The van der Waals surface area contributed by atoms with Crippen LogP contribution in [0, 0.1) is 20.8 Å². The lowest BCUT2D eigenvalue weighted by Gasteiger charge is -2.27. The molecular weight excluding hydrogens is 434 g/mol. The van der Waals surface area contributed by atoms with Crippen molar-refractivity contribution in [1.29, 1.82) is 0 Å². The number of aryl methyl sites for hydroxylation is 3. The zero-order valence-corrected chi connectivity index (χ0v) is 20.6. The zero-order chi connectivity index (χ0) is 25.0. The van der Waals surface area contributed by atoms with E-state index in [4.69, 9.17) is 0 Å². The van der Waals surface area contributed by atoms with Gasteiger partial charge in [-0.25, -0.2) is 5.43 Å². The number of hydrazone groups is 1. The summed E-state index contributed by atoms with van der Waals surface area (Å²) in [6.07, 6.45) is 2.57. The maximum absolute atomic E-state index is 13.3. The highest BCUT2D eigenvalue weighted by Gasteiger charge is 2.39. The molecule has 178 valence electrons. The molecule has 0 saturated heterocycles. The van der Waals surface area contributed by atoms with Crippen molar-refractivity contribution in [3.8, 4) is 5.69 Å². The standard InChI is InChI=1S/C30H31N3O2/c1-5-24-14-12-13-21(2)28(24)33-22(3)19-25(23(33)4)20-31-32-29(34)30(35,26-15-8-6-9-16-26)27-17-10-7-11-18-27/h6-20,35H,5H2,1-4H3,(H,32,34)/b31-20-. The van der Waals surface area contributed by atoms with Crippen LogP contribution >= 0.6 is 0 Å². The van der Waals surface area contributed by atoms with Gasteiger partial charge in [-0.05, 0) is 55.5 Å². The van der Waals surface area contributed by atoms with E-state index >= 15 is 0 Å². The molecule has 0 aliphatic carbocycles. The molecule has 0 spiro atoms. The Morgan fingerprint density at radius 2 is 1.54 bits per heavy atom. The van der Waals surface area contributed by atoms with Gasteiger partial charge in [0.2, 0.25) is 0 Å². The molecule has 35 heavy (non-hydrogen) atoms. The van der Waals surface area contributed by atoms with E-state index in [1.165, 1.54) is 16.8 Å². The smallest absolute Gasteiger partial charge is 0.281 e. The Kier molecular flexibility index (Phi) is 6.99. The minimum atomic E-state index is -1.87. The van der Waals surface area contributed by atoms with Gasteiger partial charge in [0.25, 0.3) is 5.91 Å². The molecule has 1 heterocycles. The lowest BCUT2D eigenvalue weighted by molar-refractivity contribution is -0.136. The topological polar surface area (TPSA) is 66.6 Å². The minimum absolute atomic E-state index is 0.476. The Labute approximate surface area is 206 Å². The Bertz CT molecular complexity index is 1320. The molecule has 1 aromatic heterocycles. The number of aromatic nitrogens is 1. The van der Waals surface area contributed by atoms with Crippen LogP contribution in [0.1, 0.15) is 46.1 Å². The molecule has 0 saturated carbocycles. The van der Waals surface area contributed by atoms with Crippen LogP contribution in [0.15, 0.2) is 90.0 Å². The molecule has 4 rings (SSSR count). The summed E-state index contributed by atoms with van der Waals surface area (Å²) in [5, 5.41) is 15.8. The van der Waals surface area contributed by atoms with Crippen LogP contribution in [0.25, 0.3) is 5.69 Å². The molecule has 0 aliphatic rings. The number of aliphatic hydroxyl groups is 1. The van der Waals surface area contributed by atoms with E-state index in [1.807, 2.05) is 19.1 Å². The fourth-order valence-corrected chi connectivity index (χ4v) is 4.62. The Hall–Kier alpha value is -3.96. The summed E-state index contributed by atoms with van der Waals surface area (Å²) in [4.78, 5) is 13.3.